The molecule has 4 aromatic rings. The summed E-state index contributed by atoms with van der Waals surface area (Å²) < 4.78 is 67.8. The third kappa shape index (κ3) is 4.84. The molecule has 186 valence electrons. The van der Waals surface area contributed by atoms with Crippen molar-refractivity contribution in [2.45, 2.75) is 13.0 Å². The molecule has 0 saturated carbocycles. The zero-order chi connectivity index (χ0) is 25.4. The van der Waals surface area contributed by atoms with E-state index in [1.165, 1.54) is 28.9 Å². The average Bonchev–Trinajstić information content (AvgIpc) is 3.28. The fraction of sp³-hybridized carbons (Fsp3) is 0.200. The first-order valence-corrected chi connectivity index (χ1v) is 13.0. The van der Waals surface area contributed by atoms with Gasteiger partial charge in [0.15, 0.2) is 17.5 Å². The first kappa shape index (κ1) is 24.0. The minimum Gasteiger partial charge on any atom is -0.364 e. The van der Waals surface area contributed by atoms with Crippen molar-refractivity contribution in [1.82, 2.24) is 19.3 Å². The molecule has 0 radical (unpaired) electrons. The summed E-state index contributed by atoms with van der Waals surface area (Å²) in [5.74, 6) is -2.27. The summed E-state index contributed by atoms with van der Waals surface area (Å²) in [5.41, 5.74) is 3.10. The van der Waals surface area contributed by atoms with E-state index in [0.29, 0.717) is 35.1 Å². The molecule has 0 unspecified atom stereocenters. The van der Waals surface area contributed by atoms with Crippen molar-refractivity contribution in [3.05, 3.63) is 83.4 Å². The highest BCUT2D eigenvalue weighted by Crippen LogP contribution is 2.33. The second kappa shape index (κ2) is 9.40. The summed E-state index contributed by atoms with van der Waals surface area (Å²) in [6.45, 7) is 0.721. The van der Waals surface area contributed by atoms with Gasteiger partial charge in [-0.05, 0) is 41.8 Å². The molecule has 3 aromatic heterocycles. The predicted octanol–water partition coefficient (Wildman–Crippen LogP) is 4.70. The van der Waals surface area contributed by atoms with Crippen LogP contribution in [0.15, 0.2) is 54.7 Å². The Labute approximate surface area is 205 Å². The molecule has 5 rings (SSSR count). The number of hydrogen-bond acceptors (Lipinski definition) is 5. The molecule has 7 nitrogen and oxygen atoms in total. The third-order valence-electron chi connectivity index (χ3n) is 6.05. The summed E-state index contributed by atoms with van der Waals surface area (Å²) in [5, 5.41) is 3.40. The summed E-state index contributed by atoms with van der Waals surface area (Å²) in [6, 6.07) is 10.0. The lowest BCUT2D eigenvalue weighted by molar-refractivity contribution is 0.445. The lowest BCUT2D eigenvalue weighted by atomic mass is 10.0. The zero-order valence-electron chi connectivity index (χ0n) is 19.2. The van der Waals surface area contributed by atoms with Crippen molar-refractivity contribution in [2.75, 3.05) is 24.7 Å². The molecule has 0 spiro atoms. The van der Waals surface area contributed by atoms with Gasteiger partial charge >= 0.3 is 0 Å². The molecule has 11 heteroatoms. The van der Waals surface area contributed by atoms with Gasteiger partial charge in [-0.15, -0.1) is 0 Å². The van der Waals surface area contributed by atoms with Gasteiger partial charge in [0.2, 0.25) is 10.0 Å². The SMILES string of the molecule is CS(=O)(=O)N1CC=C(c2cc3c(-c4nc(NCc5cccc(F)c5)c(F)cc4F)ccnc3[nH]2)CC1. The molecule has 36 heavy (non-hydrogen) atoms. The van der Waals surface area contributed by atoms with Crippen LogP contribution in [-0.2, 0) is 16.6 Å². The zero-order valence-corrected chi connectivity index (χ0v) is 20.0. The number of halogens is 3. The number of nitrogens with zero attached hydrogens (tertiary/aromatic N) is 3. The number of pyridine rings is 2. The van der Waals surface area contributed by atoms with Gasteiger partial charge in [-0.25, -0.2) is 31.6 Å². The van der Waals surface area contributed by atoms with Crippen molar-refractivity contribution in [3.8, 4) is 11.3 Å². The fourth-order valence-electron chi connectivity index (χ4n) is 4.21. The monoisotopic (exact) mass is 513 g/mol. The van der Waals surface area contributed by atoms with Gasteiger partial charge in [-0.2, -0.15) is 4.31 Å². The van der Waals surface area contributed by atoms with E-state index in [0.717, 1.165) is 17.3 Å². The van der Waals surface area contributed by atoms with Crippen LogP contribution in [0.25, 0.3) is 27.9 Å². The van der Waals surface area contributed by atoms with Crippen molar-refractivity contribution in [3.63, 3.8) is 0 Å². The number of rotatable bonds is 6. The predicted molar refractivity (Wildman–Crippen MR) is 132 cm³/mol. The summed E-state index contributed by atoms with van der Waals surface area (Å²) in [7, 11) is -3.27. The van der Waals surface area contributed by atoms with E-state index in [-0.39, 0.29) is 24.6 Å². The van der Waals surface area contributed by atoms with E-state index < -0.39 is 27.5 Å². The average molecular weight is 514 g/mol. The Kier molecular flexibility index (Phi) is 6.27. The maximum Gasteiger partial charge on any atom is 0.211 e. The largest absolute Gasteiger partial charge is 0.364 e. The smallest absolute Gasteiger partial charge is 0.211 e. The number of sulfonamides is 1. The first-order valence-electron chi connectivity index (χ1n) is 11.2. The molecule has 1 aliphatic rings. The van der Waals surface area contributed by atoms with Crippen molar-refractivity contribution in [1.29, 1.82) is 0 Å². The molecule has 2 N–H and O–H groups in total. The van der Waals surface area contributed by atoms with E-state index in [1.54, 1.807) is 18.2 Å². The minimum absolute atomic E-state index is 0.0584. The van der Waals surface area contributed by atoms with Gasteiger partial charge < -0.3 is 10.3 Å². The van der Waals surface area contributed by atoms with Gasteiger partial charge in [0.05, 0.1) is 6.26 Å². The molecule has 4 heterocycles. The van der Waals surface area contributed by atoms with Crippen LogP contribution in [0.2, 0.25) is 0 Å². The normalized spacial score (nSPS) is 14.7. The van der Waals surface area contributed by atoms with Crippen LogP contribution in [0.1, 0.15) is 17.7 Å². The molecule has 1 aromatic carbocycles. The molecule has 0 atom stereocenters. The van der Waals surface area contributed by atoms with E-state index in [9.17, 15) is 21.6 Å². The number of aromatic nitrogens is 3. The van der Waals surface area contributed by atoms with Crippen LogP contribution in [0.5, 0.6) is 0 Å². The Morgan fingerprint density at radius 1 is 1.11 bits per heavy atom. The molecule has 0 aliphatic carbocycles. The van der Waals surface area contributed by atoms with Gasteiger partial charge in [-0.1, -0.05) is 18.2 Å². The number of nitrogens with one attached hydrogen (secondary N) is 2. The Morgan fingerprint density at radius 3 is 2.67 bits per heavy atom. The standard InChI is InChI=1S/C25H22F3N5O2S/c1-36(34,35)33-9-6-16(7-10-33)22-12-19-18(5-8-29-24(19)31-22)23-20(27)13-21(28)25(32-23)30-14-15-3-2-4-17(26)11-15/h2-6,8,11-13H,7,9-10,14H2,1H3,(H,29,31)(H,30,32). The highest BCUT2D eigenvalue weighted by molar-refractivity contribution is 7.88. The molecular weight excluding hydrogens is 491 g/mol. The Bertz CT molecular complexity index is 1600. The van der Waals surface area contributed by atoms with Crippen LogP contribution in [-0.4, -0.2) is 47.0 Å². The first-order chi connectivity index (χ1) is 17.2. The van der Waals surface area contributed by atoms with Gasteiger partial charge in [0, 0.05) is 48.5 Å². The highest BCUT2D eigenvalue weighted by Gasteiger charge is 2.22. The number of hydrogen-bond donors (Lipinski definition) is 2. The topological polar surface area (TPSA) is 91.0 Å². The van der Waals surface area contributed by atoms with E-state index >= 15 is 0 Å². The molecule has 0 bridgehead atoms. The molecule has 1 aliphatic heterocycles. The molecule has 0 amide bonds. The maximum atomic E-state index is 14.9. The Hall–Kier alpha value is -3.70. The maximum absolute atomic E-state index is 14.9. The number of anilines is 1. The highest BCUT2D eigenvalue weighted by atomic mass is 32.2. The summed E-state index contributed by atoms with van der Waals surface area (Å²) >= 11 is 0. The number of aromatic amines is 1. The van der Waals surface area contributed by atoms with Crippen molar-refractivity contribution in [2.24, 2.45) is 0 Å². The summed E-state index contributed by atoms with van der Waals surface area (Å²) in [4.78, 5) is 11.7. The minimum atomic E-state index is -3.27. The van der Waals surface area contributed by atoms with Crippen molar-refractivity contribution < 1.29 is 21.6 Å². The fourth-order valence-corrected chi connectivity index (χ4v) is 4.98. The number of benzene rings is 1. The molecule has 0 fully saturated rings. The van der Waals surface area contributed by atoms with Gasteiger partial charge in [0.25, 0.3) is 0 Å². The van der Waals surface area contributed by atoms with Crippen LogP contribution in [0.4, 0.5) is 19.0 Å². The lowest BCUT2D eigenvalue weighted by Crippen LogP contribution is -2.33. The molecular formula is C25H22F3N5O2S. The van der Waals surface area contributed by atoms with E-state index in [4.69, 9.17) is 0 Å². The Balaban J connectivity index is 1.48. The van der Waals surface area contributed by atoms with Crippen LogP contribution in [0, 0.1) is 17.5 Å². The van der Waals surface area contributed by atoms with Crippen molar-refractivity contribution >= 4 is 32.4 Å². The number of fused-ring (bicyclic) bond motifs is 1. The number of H-pyrrole nitrogens is 1. The quantitative estimate of drug-likeness (QED) is 0.390. The van der Waals surface area contributed by atoms with Crippen LogP contribution < -0.4 is 5.32 Å². The van der Waals surface area contributed by atoms with Gasteiger partial charge in [-0.3, -0.25) is 0 Å². The van der Waals surface area contributed by atoms with E-state index in [1.807, 2.05) is 12.1 Å². The van der Waals surface area contributed by atoms with Crippen LogP contribution in [0.3, 0.4) is 0 Å². The van der Waals surface area contributed by atoms with Gasteiger partial charge in [0.1, 0.15) is 17.2 Å². The second-order valence-electron chi connectivity index (χ2n) is 8.54. The second-order valence-corrected chi connectivity index (χ2v) is 10.5. The van der Waals surface area contributed by atoms with Crippen LogP contribution >= 0.6 is 0 Å². The van der Waals surface area contributed by atoms with E-state index in [2.05, 4.69) is 20.3 Å². The molecule has 0 saturated heterocycles. The lowest BCUT2D eigenvalue weighted by Gasteiger charge is -2.23. The summed E-state index contributed by atoms with van der Waals surface area (Å²) in [6.07, 6.45) is 5.02. The Morgan fingerprint density at radius 2 is 1.94 bits per heavy atom. The third-order valence-corrected chi connectivity index (χ3v) is 7.32.